The first-order chi connectivity index (χ1) is 18.5. The van der Waals surface area contributed by atoms with Crippen molar-refractivity contribution in [2.45, 2.75) is 6.92 Å². The molecule has 0 aliphatic carbocycles. The van der Waals surface area contributed by atoms with E-state index in [9.17, 15) is 14.7 Å². The van der Waals surface area contributed by atoms with E-state index in [1.807, 2.05) is 79.0 Å². The molecule has 0 saturated carbocycles. The summed E-state index contributed by atoms with van der Waals surface area (Å²) in [6, 6.07) is 25.5. The van der Waals surface area contributed by atoms with Crippen molar-refractivity contribution in [1.29, 1.82) is 0 Å². The lowest BCUT2D eigenvalue weighted by Gasteiger charge is -2.08. The molecule has 2 heterocycles. The van der Waals surface area contributed by atoms with Gasteiger partial charge in [-0.25, -0.2) is 9.78 Å². The number of anilines is 1. The van der Waals surface area contributed by atoms with E-state index in [-0.39, 0.29) is 22.3 Å². The van der Waals surface area contributed by atoms with Gasteiger partial charge in [0.05, 0.1) is 16.8 Å². The van der Waals surface area contributed by atoms with Gasteiger partial charge in [0.2, 0.25) is 0 Å². The van der Waals surface area contributed by atoms with Crippen LogP contribution in [0.1, 0.15) is 26.3 Å². The maximum Gasteiger partial charge on any atom is 0.336 e. The predicted octanol–water partition coefficient (Wildman–Crippen LogP) is 7.84. The van der Waals surface area contributed by atoms with E-state index < -0.39 is 11.9 Å². The van der Waals surface area contributed by atoms with Crippen LogP contribution in [0.25, 0.3) is 44.4 Å². The number of carboxylic acids is 1. The highest BCUT2D eigenvalue weighted by molar-refractivity contribution is 7.14. The number of benzene rings is 4. The zero-order chi connectivity index (χ0) is 26.2. The molecular formula is C30H20N2O5S. The second kappa shape index (κ2) is 9.49. The summed E-state index contributed by atoms with van der Waals surface area (Å²) in [5.74, 6) is -1.88. The van der Waals surface area contributed by atoms with E-state index in [1.165, 1.54) is 23.5 Å². The van der Waals surface area contributed by atoms with Gasteiger partial charge >= 0.3 is 5.97 Å². The Morgan fingerprint density at radius 1 is 0.789 bits per heavy atom. The number of hydrogen-bond acceptors (Lipinski definition) is 6. The Hall–Kier alpha value is -4.95. The van der Waals surface area contributed by atoms with Crippen molar-refractivity contribution in [3.8, 4) is 11.3 Å². The van der Waals surface area contributed by atoms with Gasteiger partial charge in [0.25, 0.3) is 5.91 Å². The van der Waals surface area contributed by atoms with Gasteiger partial charge in [-0.15, -0.1) is 11.3 Å². The third-order valence-electron chi connectivity index (χ3n) is 6.14. The Kier molecular flexibility index (Phi) is 5.86. The number of amides is 1. The molecule has 0 saturated heterocycles. The van der Waals surface area contributed by atoms with Crippen LogP contribution in [-0.2, 0) is 0 Å². The standard InChI is InChI=1S/C30H20N2O5S/c1-17-10-12-18(13-11-17)23-16-38-30(31-23)32-28(33)21-14-26-27(15-22(21)29(34)35)37-25-9-5-3-7-20(25)19-6-2-4-8-24(19)36-26/h2-16H,1H3,(H,34,35)(H,31,32,33). The van der Waals surface area contributed by atoms with Gasteiger partial charge in [-0.05, 0) is 31.2 Å². The van der Waals surface area contributed by atoms with Crippen LogP contribution in [0, 0.1) is 6.92 Å². The largest absolute Gasteiger partial charge is 0.478 e. The molecule has 0 aliphatic heterocycles. The van der Waals surface area contributed by atoms with Crippen LogP contribution >= 0.6 is 11.3 Å². The summed E-state index contributed by atoms with van der Waals surface area (Å²) < 4.78 is 12.3. The molecule has 38 heavy (non-hydrogen) atoms. The second-order valence-electron chi connectivity index (χ2n) is 8.70. The fraction of sp³-hybridized carbons (Fsp3) is 0.0333. The van der Waals surface area contributed by atoms with E-state index in [4.69, 9.17) is 8.83 Å². The highest BCUT2D eigenvalue weighted by Gasteiger charge is 2.21. The average molecular weight is 521 g/mol. The summed E-state index contributed by atoms with van der Waals surface area (Å²) >= 11 is 1.26. The molecule has 6 aromatic rings. The van der Waals surface area contributed by atoms with Gasteiger partial charge in [0.15, 0.2) is 16.3 Å². The summed E-state index contributed by atoms with van der Waals surface area (Å²) in [6.07, 6.45) is 0. The predicted molar refractivity (Wildman–Crippen MR) is 148 cm³/mol. The quantitative estimate of drug-likeness (QED) is 0.245. The van der Waals surface area contributed by atoms with Gasteiger partial charge in [-0.3, -0.25) is 10.1 Å². The molecule has 0 atom stereocenters. The molecule has 2 N–H and O–H groups in total. The molecule has 2 aromatic heterocycles. The van der Waals surface area contributed by atoms with Gasteiger partial charge in [0, 0.05) is 21.7 Å². The summed E-state index contributed by atoms with van der Waals surface area (Å²) in [5, 5.41) is 16.5. The third-order valence-corrected chi connectivity index (χ3v) is 6.89. The number of thiazole rings is 1. The maximum absolute atomic E-state index is 13.3. The lowest BCUT2D eigenvalue weighted by Crippen LogP contribution is -2.16. The number of rotatable bonds is 4. The number of fused-ring (bicyclic) bond motifs is 4. The number of carbonyl (C=O) groups excluding carboxylic acids is 1. The van der Waals surface area contributed by atoms with E-state index in [2.05, 4.69) is 10.3 Å². The number of para-hydroxylation sites is 2. The lowest BCUT2D eigenvalue weighted by molar-refractivity contribution is 0.0692. The van der Waals surface area contributed by atoms with Crippen LogP contribution in [-0.4, -0.2) is 22.0 Å². The molecule has 0 fully saturated rings. The fourth-order valence-corrected chi connectivity index (χ4v) is 4.94. The smallest absolute Gasteiger partial charge is 0.336 e. The summed E-state index contributed by atoms with van der Waals surface area (Å²) in [6.45, 7) is 2.00. The first kappa shape index (κ1) is 23.4. The van der Waals surface area contributed by atoms with Gasteiger partial charge in [0.1, 0.15) is 11.2 Å². The summed E-state index contributed by atoms with van der Waals surface area (Å²) in [5.41, 5.74) is 4.00. The zero-order valence-corrected chi connectivity index (χ0v) is 20.9. The lowest BCUT2D eigenvalue weighted by atomic mass is 10.1. The minimum atomic E-state index is -1.27. The summed E-state index contributed by atoms with van der Waals surface area (Å²) in [7, 11) is 0. The van der Waals surface area contributed by atoms with Crippen molar-refractivity contribution in [1.82, 2.24) is 4.98 Å². The Labute approximate surface area is 220 Å². The maximum atomic E-state index is 13.3. The van der Waals surface area contributed by atoms with Gasteiger partial charge in [-0.2, -0.15) is 0 Å². The minimum Gasteiger partial charge on any atom is -0.478 e. The zero-order valence-electron chi connectivity index (χ0n) is 20.1. The number of aromatic carboxylic acids is 1. The second-order valence-corrected chi connectivity index (χ2v) is 9.56. The number of carboxylic acid groups (broad SMARTS) is 1. The van der Waals surface area contributed by atoms with E-state index >= 15 is 0 Å². The molecule has 186 valence electrons. The van der Waals surface area contributed by atoms with Crippen molar-refractivity contribution in [2.75, 3.05) is 5.32 Å². The molecule has 0 spiro atoms. The number of carbonyl (C=O) groups is 2. The Balaban J connectivity index is 1.47. The number of aromatic nitrogens is 1. The SMILES string of the molecule is Cc1ccc(-c2csc(NC(=O)c3cc4oc5ccccc5c5ccccc5oc4cc3C(=O)O)n2)cc1. The number of aryl methyl sites for hydroxylation is 1. The van der Waals surface area contributed by atoms with Crippen LogP contribution in [0.5, 0.6) is 0 Å². The van der Waals surface area contributed by atoms with Crippen molar-refractivity contribution in [3.63, 3.8) is 0 Å². The molecule has 8 heteroatoms. The molecule has 6 rings (SSSR count). The van der Waals surface area contributed by atoms with Gasteiger partial charge < -0.3 is 13.9 Å². The first-order valence-corrected chi connectivity index (χ1v) is 12.6. The van der Waals surface area contributed by atoms with Crippen molar-refractivity contribution < 1.29 is 23.5 Å². The number of hydrogen-bond donors (Lipinski definition) is 2. The van der Waals surface area contributed by atoms with Crippen LogP contribution in [0.4, 0.5) is 5.13 Å². The monoisotopic (exact) mass is 520 g/mol. The molecule has 1 amide bonds. The molecule has 0 radical (unpaired) electrons. The molecule has 0 aliphatic rings. The van der Waals surface area contributed by atoms with Crippen molar-refractivity contribution >= 4 is 61.4 Å². The molecule has 0 bridgehead atoms. The molecule has 0 unspecified atom stereocenters. The molecule has 7 nitrogen and oxygen atoms in total. The van der Waals surface area contributed by atoms with Crippen molar-refractivity contribution in [3.05, 3.63) is 107 Å². The van der Waals surface area contributed by atoms with E-state index in [0.29, 0.717) is 22.0 Å². The number of nitrogens with zero attached hydrogens (tertiary/aromatic N) is 1. The number of nitrogens with one attached hydrogen (secondary N) is 1. The van der Waals surface area contributed by atoms with Gasteiger partial charge in [-0.1, -0.05) is 66.2 Å². The molecular weight excluding hydrogens is 500 g/mol. The van der Waals surface area contributed by atoms with Crippen LogP contribution in [0.3, 0.4) is 0 Å². The minimum absolute atomic E-state index is 0.0710. The van der Waals surface area contributed by atoms with Crippen LogP contribution in [0.2, 0.25) is 0 Å². The average Bonchev–Trinajstić information content (AvgIpc) is 3.37. The topological polar surface area (TPSA) is 106 Å². The summed E-state index contributed by atoms with van der Waals surface area (Å²) in [4.78, 5) is 30.0. The van der Waals surface area contributed by atoms with Crippen LogP contribution < -0.4 is 5.32 Å². The normalized spacial score (nSPS) is 11.1. The highest BCUT2D eigenvalue weighted by atomic mass is 32.1. The Morgan fingerprint density at radius 3 is 1.97 bits per heavy atom. The third kappa shape index (κ3) is 4.38. The van der Waals surface area contributed by atoms with Crippen LogP contribution in [0.15, 0.2) is 99.1 Å². The van der Waals surface area contributed by atoms with Crippen molar-refractivity contribution in [2.24, 2.45) is 0 Å². The highest BCUT2D eigenvalue weighted by Crippen LogP contribution is 2.30. The fourth-order valence-electron chi connectivity index (χ4n) is 4.23. The first-order valence-electron chi connectivity index (χ1n) is 11.8. The Morgan fingerprint density at radius 2 is 1.37 bits per heavy atom. The van der Waals surface area contributed by atoms with E-state index in [1.54, 1.807) is 6.07 Å². The molecule has 4 aromatic carbocycles. The van der Waals surface area contributed by atoms with E-state index in [0.717, 1.165) is 21.9 Å². The Bertz CT molecular complexity index is 1910.